The molecule has 1 rings (SSSR count). The van der Waals surface area contributed by atoms with E-state index in [1.165, 1.54) is 6.26 Å². The van der Waals surface area contributed by atoms with Gasteiger partial charge in [0.2, 0.25) is 0 Å². The molecule has 0 spiro atoms. The lowest BCUT2D eigenvalue weighted by Gasteiger charge is -2.12. The van der Waals surface area contributed by atoms with Gasteiger partial charge in [0.1, 0.15) is 9.84 Å². The molecule has 0 atom stereocenters. The van der Waals surface area contributed by atoms with Gasteiger partial charge < -0.3 is 9.47 Å². The van der Waals surface area contributed by atoms with Gasteiger partial charge in [-0.2, -0.15) is 0 Å². The topological polar surface area (TPSA) is 52.6 Å². The molecule has 0 unspecified atom stereocenters. The Morgan fingerprint density at radius 1 is 1.21 bits per heavy atom. The molecule has 0 N–H and O–H groups in total. The minimum Gasteiger partial charge on any atom is -0.490 e. The van der Waals surface area contributed by atoms with E-state index < -0.39 is 9.84 Å². The minimum absolute atomic E-state index is 0.122. The fourth-order valence-corrected chi connectivity index (χ4v) is 2.33. The van der Waals surface area contributed by atoms with Crippen molar-refractivity contribution in [3.05, 3.63) is 23.8 Å². The van der Waals surface area contributed by atoms with Crippen molar-refractivity contribution >= 4 is 21.4 Å². The molecular formula is C13H19ClO4S. The van der Waals surface area contributed by atoms with Crippen molar-refractivity contribution in [2.24, 2.45) is 0 Å². The van der Waals surface area contributed by atoms with Crippen molar-refractivity contribution in [3.63, 3.8) is 0 Å². The molecule has 0 amide bonds. The Morgan fingerprint density at radius 3 is 2.53 bits per heavy atom. The molecular weight excluding hydrogens is 288 g/mol. The van der Waals surface area contributed by atoms with Gasteiger partial charge in [-0.1, -0.05) is 6.07 Å². The van der Waals surface area contributed by atoms with Gasteiger partial charge in [0.25, 0.3) is 0 Å². The van der Waals surface area contributed by atoms with Crippen molar-refractivity contribution in [1.82, 2.24) is 0 Å². The van der Waals surface area contributed by atoms with Crippen LogP contribution >= 0.6 is 11.6 Å². The lowest BCUT2D eigenvalue weighted by molar-refractivity contribution is 0.277. The van der Waals surface area contributed by atoms with Crippen LogP contribution in [0.5, 0.6) is 11.5 Å². The normalized spacial score (nSPS) is 11.3. The van der Waals surface area contributed by atoms with E-state index in [1.807, 2.05) is 19.1 Å². The number of benzene rings is 1. The summed E-state index contributed by atoms with van der Waals surface area (Å²) in [6.07, 6.45) is 1.68. The first-order chi connectivity index (χ1) is 8.96. The first-order valence-corrected chi connectivity index (χ1v) is 8.68. The number of hydrogen-bond donors (Lipinski definition) is 0. The summed E-state index contributed by atoms with van der Waals surface area (Å²) in [4.78, 5) is 0. The largest absolute Gasteiger partial charge is 0.490 e. The van der Waals surface area contributed by atoms with Crippen LogP contribution in [0, 0.1) is 0 Å². The maximum absolute atomic E-state index is 11.0. The highest BCUT2D eigenvalue weighted by Gasteiger charge is 2.07. The van der Waals surface area contributed by atoms with Crippen LogP contribution in [0.4, 0.5) is 0 Å². The van der Waals surface area contributed by atoms with Crippen molar-refractivity contribution in [1.29, 1.82) is 0 Å². The maximum Gasteiger partial charge on any atom is 0.161 e. The Labute approximate surface area is 119 Å². The van der Waals surface area contributed by atoms with Crippen LogP contribution in [-0.4, -0.2) is 33.6 Å². The van der Waals surface area contributed by atoms with Gasteiger partial charge in [-0.15, -0.1) is 11.6 Å². The SMILES string of the molecule is CCOc1cc(CCl)ccc1OCCCS(C)(=O)=O. The van der Waals surface area contributed by atoms with Gasteiger partial charge in [0, 0.05) is 12.1 Å². The molecule has 0 saturated heterocycles. The predicted molar refractivity (Wildman–Crippen MR) is 77.0 cm³/mol. The highest BCUT2D eigenvalue weighted by molar-refractivity contribution is 7.90. The van der Waals surface area contributed by atoms with E-state index in [0.29, 0.717) is 37.0 Å². The van der Waals surface area contributed by atoms with Crippen molar-refractivity contribution in [3.8, 4) is 11.5 Å². The zero-order valence-electron chi connectivity index (χ0n) is 11.2. The van der Waals surface area contributed by atoms with Crippen LogP contribution in [0.1, 0.15) is 18.9 Å². The molecule has 1 aromatic rings. The zero-order chi connectivity index (χ0) is 14.3. The molecule has 6 heteroatoms. The molecule has 0 radical (unpaired) electrons. The fourth-order valence-electron chi connectivity index (χ4n) is 1.53. The van der Waals surface area contributed by atoms with Gasteiger partial charge in [0.15, 0.2) is 11.5 Å². The fraction of sp³-hybridized carbons (Fsp3) is 0.538. The molecule has 0 heterocycles. The zero-order valence-corrected chi connectivity index (χ0v) is 12.8. The molecule has 0 aliphatic rings. The van der Waals surface area contributed by atoms with Crippen LogP contribution in [0.25, 0.3) is 0 Å². The third kappa shape index (κ3) is 6.16. The number of sulfone groups is 1. The van der Waals surface area contributed by atoms with Gasteiger partial charge in [0.05, 0.1) is 19.0 Å². The molecule has 0 aliphatic carbocycles. The van der Waals surface area contributed by atoms with Gasteiger partial charge in [-0.05, 0) is 31.0 Å². The van der Waals surface area contributed by atoms with E-state index in [1.54, 1.807) is 6.07 Å². The second-order valence-electron chi connectivity index (χ2n) is 4.18. The Kier molecular flexibility index (Phi) is 6.45. The quantitative estimate of drug-likeness (QED) is 0.547. The number of rotatable bonds is 8. The predicted octanol–water partition coefficient (Wildman–Crippen LogP) is 2.64. The van der Waals surface area contributed by atoms with E-state index in [2.05, 4.69) is 0 Å². The van der Waals surface area contributed by atoms with Crippen LogP contribution in [0.15, 0.2) is 18.2 Å². The lowest BCUT2D eigenvalue weighted by Crippen LogP contribution is -2.08. The Hall–Kier alpha value is -0.940. The smallest absolute Gasteiger partial charge is 0.161 e. The summed E-state index contributed by atoms with van der Waals surface area (Å²) in [6, 6.07) is 5.49. The van der Waals surface area contributed by atoms with Crippen molar-refractivity contribution < 1.29 is 17.9 Å². The summed E-state index contributed by atoms with van der Waals surface area (Å²) >= 11 is 5.77. The van der Waals surface area contributed by atoms with Crippen LogP contribution in [0.3, 0.4) is 0 Å². The first-order valence-electron chi connectivity index (χ1n) is 6.08. The van der Waals surface area contributed by atoms with Crippen LogP contribution in [0.2, 0.25) is 0 Å². The molecule has 4 nitrogen and oxygen atoms in total. The second-order valence-corrected chi connectivity index (χ2v) is 6.71. The highest BCUT2D eigenvalue weighted by atomic mass is 35.5. The second kappa shape index (κ2) is 7.60. The molecule has 19 heavy (non-hydrogen) atoms. The number of halogens is 1. The van der Waals surface area contributed by atoms with E-state index in [9.17, 15) is 8.42 Å². The van der Waals surface area contributed by atoms with Crippen molar-refractivity contribution in [2.75, 3.05) is 25.2 Å². The summed E-state index contributed by atoms with van der Waals surface area (Å²) < 4.78 is 33.0. The summed E-state index contributed by atoms with van der Waals surface area (Å²) in [7, 11) is -2.94. The Bertz CT molecular complexity index is 499. The summed E-state index contributed by atoms with van der Waals surface area (Å²) in [5.41, 5.74) is 0.952. The number of hydrogen-bond acceptors (Lipinski definition) is 4. The highest BCUT2D eigenvalue weighted by Crippen LogP contribution is 2.29. The lowest BCUT2D eigenvalue weighted by atomic mass is 10.2. The molecule has 0 saturated carbocycles. The molecule has 0 aliphatic heterocycles. The molecule has 0 fully saturated rings. The first kappa shape index (κ1) is 16.1. The van der Waals surface area contributed by atoms with Gasteiger partial charge in [-0.3, -0.25) is 0 Å². The standard InChI is InChI=1S/C13H19ClO4S/c1-3-17-13-9-11(10-14)5-6-12(13)18-7-4-8-19(2,15)16/h5-6,9H,3-4,7-8,10H2,1-2H3. The molecule has 0 aromatic heterocycles. The average Bonchev–Trinajstić information content (AvgIpc) is 2.35. The molecule has 1 aromatic carbocycles. The van der Waals surface area contributed by atoms with E-state index in [-0.39, 0.29) is 5.75 Å². The van der Waals surface area contributed by atoms with E-state index in [0.717, 1.165) is 5.56 Å². The monoisotopic (exact) mass is 306 g/mol. The molecule has 108 valence electrons. The Balaban J connectivity index is 2.61. The minimum atomic E-state index is -2.94. The molecule has 0 bridgehead atoms. The summed E-state index contributed by atoms with van der Waals surface area (Å²) in [5, 5.41) is 0. The van der Waals surface area contributed by atoms with E-state index >= 15 is 0 Å². The Morgan fingerprint density at radius 2 is 1.95 bits per heavy atom. The van der Waals surface area contributed by atoms with Crippen LogP contribution in [-0.2, 0) is 15.7 Å². The maximum atomic E-state index is 11.0. The van der Waals surface area contributed by atoms with Gasteiger partial charge in [-0.25, -0.2) is 8.42 Å². The van der Waals surface area contributed by atoms with E-state index in [4.69, 9.17) is 21.1 Å². The summed E-state index contributed by atoms with van der Waals surface area (Å²) in [6.45, 7) is 2.76. The number of alkyl halides is 1. The van der Waals surface area contributed by atoms with Crippen LogP contribution < -0.4 is 9.47 Å². The van der Waals surface area contributed by atoms with Crippen molar-refractivity contribution in [2.45, 2.75) is 19.2 Å². The number of ether oxygens (including phenoxy) is 2. The van der Waals surface area contributed by atoms with Gasteiger partial charge >= 0.3 is 0 Å². The third-order valence-corrected chi connectivity index (χ3v) is 3.72. The summed E-state index contributed by atoms with van der Waals surface area (Å²) in [5.74, 6) is 1.79. The average molecular weight is 307 g/mol. The third-order valence-electron chi connectivity index (χ3n) is 2.38.